The van der Waals surface area contributed by atoms with Crippen LogP contribution < -0.4 is 5.73 Å². The molecule has 1 aromatic heterocycles. The van der Waals surface area contributed by atoms with Gasteiger partial charge in [0.25, 0.3) is 0 Å². The summed E-state index contributed by atoms with van der Waals surface area (Å²) < 4.78 is 0. The zero-order chi connectivity index (χ0) is 12.5. The topological polar surface area (TPSA) is 38.9 Å². The Kier molecular flexibility index (Phi) is 3.18. The van der Waals surface area contributed by atoms with E-state index in [1.165, 1.54) is 35.3 Å². The van der Waals surface area contributed by atoms with Crippen LogP contribution in [0.4, 0.5) is 0 Å². The number of nitrogens with zero attached hydrogens (tertiary/aromatic N) is 1. The minimum absolute atomic E-state index is 0.0301. The van der Waals surface area contributed by atoms with Crippen molar-refractivity contribution in [2.75, 3.05) is 0 Å². The average Bonchev–Trinajstić information content (AvgIpc) is 2.73. The highest BCUT2D eigenvalue weighted by Crippen LogP contribution is 2.37. The van der Waals surface area contributed by atoms with Gasteiger partial charge in [0.15, 0.2) is 0 Å². The van der Waals surface area contributed by atoms with Crippen LogP contribution in [0.3, 0.4) is 0 Å². The van der Waals surface area contributed by atoms with E-state index in [-0.39, 0.29) is 6.04 Å². The molecule has 0 amide bonds. The molecule has 18 heavy (non-hydrogen) atoms. The Morgan fingerprint density at radius 3 is 2.83 bits per heavy atom. The number of thiazole rings is 1. The minimum atomic E-state index is -0.0301. The third-order valence-corrected chi connectivity index (χ3v) is 4.93. The van der Waals surface area contributed by atoms with Gasteiger partial charge < -0.3 is 5.73 Å². The van der Waals surface area contributed by atoms with Gasteiger partial charge in [0.2, 0.25) is 0 Å². The molecule has 1 aliphatic carbocycles. The summed E-state index contributed by atoms with van der Waals surface area (Å²) in [4.78, 5) is 5.47. The van der Waals surface area contributed by atoms with E-state index in [2.05, 4.69) is 29.2 Å². The normalized spacial score (nSPS) is 17.4. The molecule has 0 aliphatic heterocycles. The van der Waals surface area contributed by atoms with Crippen molar-refractivity contribution >= 4 is 11.3 Å². The van der Waals surface area contributed by atoms with Crippen molar-refractivity contribution in [2.24, 2.45) is 5.73 Å². The van der Waals surface area contributed by atoms with E-state index in [0.29, 0.717) is 0 Å². The van der Waals surface area contributed by atoms with E-state index in [9.17, 15) is 0 Å². The molecule has 3 rings (SSSR count). The van der Waals surface area contributed by atoms with Crippen molar-refractivity contribution in [2.45, 2.75) is 38.1 Å². The molecule has 2 N–H and O–H groups in total. The van der Waals surface area contributed by atoms with E-state index < -0.39 is 0 Å². The smallest absolute Gasteiger partial charge is 0.0798 e. The van der Waals surface area contributed by atoms with Crippen molar-refractivity contribution in [1.82, 2.24) is 4.98 Å². The zero-order valence-electron chi connectivity index (χ0n) is 10.6. The molecular formula is C15H18N2S. The molecule has 0 bridgehead atoms. The van der Waals surface area contributed by atoms with Crippen LogP contribution in [0, 0.1) is 6.92 Å². The van der Waals surface area contributed by atoms with E-state index in [4.69, 9.17) is 5.73 Å². The monoisotopic (exact) mass is 258 g/mol. The van der Waals surface area contributed by atoms with E-state index in [1.54, 1.807) is 11.3 Å². The van der Waals surface area contributed by atoms with Gasteiger partial charge >= 0.3 is 0 Å². The van der Waals surface area contributed by atoms with Gasteiger partial charge in [-0.3, -0.25) is 0 Å². The molecule has 1 fully saturated rings. The first kappa shape index (κ1) is 11.9. The van der Waals surface area contributed by atoms with Crippen LogP contribution in [0.15, 0.2) is 29.8 Å². The molecule has 1 heterocycles. The molecule has 1 aromatic carbocycles. The molecular weight excluding hydrogens is 240 g/mol. The Labute approximate surface area is 112 Å². The lowest BCUT2D eigenvalue weighted by Crippen LogP contribution is -2.14. The maximum atomic E-state index is 6.36. The lowest BCUT2D eigenvalue weighted by Gasteiger charge is -2.26. The summed E-state index contributed by atoms with van der Waals surface area (Å²) in [5.74, 6) is 0.764. The minimum Gasteiger partial charge on any atom is -0.320 e. The standard InChI is InChI=1S/C15H18N2S/c1-10-15(18-9-17-10)14(16)13-7-3-6-12(8-13)11-4-2-5-11/h3,6-9,11,14H,2,4-5,16H2,1H3. The van der Waals surface area contributed by atoms with Crippen molar-refractivity contribution in [3.8, 4) is 0 Å². The Hall–Kier alpha value is -1.19. The number of hydrogen-bond donors (Lipinski definition) is 1. The lowest BCUT2D eigenvalue weighted by atomic mass is 9.79. The highest BCUT2D eigenvalue weighted by atomic mass is 32.1. The highest BCUT2D eigenvalue weighted by molar-refractivity contribution is 7.09. The molecule has 0 saturated heterocycles. The number of hydrogen-bond acceptors (Lipinski definition) is 3. The fourth-order valence-corrected chi connectivity index (χ4v) is 3.34. The van der Waals surface area contributed by atoms with Crippen LogP contribution in [0.1, 0.15) is 52.9 Å². The average molecular weight is 258 g/mol. The number of rotatable bonds is 3. The Balaban J connectivity index is 1.89. The van der Waals surface area contributed by atoms with Gasteiger partial charge in [0.05, 0.1) is 17.2 Å². The summed E-state index contributed by atoms with van der Waals surface area (Å²) in [5.41, 5.74) is 12.0. The number of benzene rings is 1. The molecule has 3 heteroatoms. The fourth-order valence-electron chi connectivity index (χ4n) is 2.51. The number of aryl methyl sites for hydroxylation is 1. The summed E-state index contributed by atoms with van der Waals surface area (Å²) in [6.07, 6.45) is 4.03. The zero-order valence-corrected chi connectivity index (χ0v) is 11.4. The van der Waals surface area contributed by atoms with Gasteiger partial charge in [0, 0.05) is 4.88 Å². The van der Waals surface area contributed by atoms with Gasteiger partial charge in [-0.25, -0.2) is 4.98 Å². The molecule has 1 aliphatic rings. The van der Waals surface area contributed by atoms with Gasteiger partial charge in [-0.2, -0.15) is 0 Å². The predicted molar refractivity (Wildman–Crippen MR) is 75.9 cm³/mol. The van der Waals surface area contributed by atoms with Crippen molar-refractivity contribution in [3.63, 3.8) is 0 Å². The number of nitrogens with two attached hydrogens (primary N) is 1. The molecule has 2 nitrogen and oxygen atoms in total. The van der Waals surface area contributed by atoms with Crippen LogP contribution in [0.25, 0.3) is 0 Å². The summed E-state index contributed by atoms with van der Waals surface area (Å²) in [6.45, 7) is 2.03. The maximum Gasteiger partial charge on any atom is 0.0798 e. The molecule has 1 unspecified atom stereocenters. The second kappa shape index (κ2) is 4.82. The lowest BCUT2D eigenvalue weighted by molar-refractivity contribution is 0.419. The molecule has 0 spiro atoms. The van der Waals surface area contributed by atoms with Crippen LogP contribution in [0.5, 0.6) is 0 Å². The predicted octanol–water partition coefficient (Wildman–Crippen LogP) is 3.77. The summed E-state index contributed by atoms with van der Waals surface area (Å²) in [5, 5.41) is 0. The first-order valence-electron chi connectivity index (χ1n) is 6.51. The van der Waals surface area contributed by atoms with E-state index >= 15 is 0 Å². The first-order valence-corrected chi connectivity index (χ1v) is 7.39. The molecule has 2 aromatic rings. The van der Waals surface area contributed by atoms with E-state index in [1.807, 2.05) is 12.4 Å². The van der Waals surface area contributed by atoms with Gasteiger partial charge in [-0.15, -0.1) is 11.3 Å². The third kappa shape index (κ3) is 2.08. The molecule has 1 saturated carbocycles. The van der Waals surface area contributed by atoms with Crippen molar-refractivity contribution < 1.29 is 0 Å². The highest BCUT2D eigenvalue weighted by Gasteiger charge is 2.21. The Bertz CT molecular complexity index is 543. The first-order chi connectivity index (χ1) is 8.75. The second-order valence-corrected chi connectivity index (χ2v) is 5.96. The quantitative estimate of drug-likeness (QED) is 0.910. The van der Waals surface area contributed by atoms with Crippen LogP contribution in [0.2, 0.25) is 0 Å². The van der Waals surface area contributed by atoms with Gasteiger partial charge in [-0.1, -0.05) is 30.7 Å². The second-order valence-electron chi connectivity index (χ2n) is 5.08. The van der Waals surface area contributed by atoms with Crippen LogP contribution >= 0.6 is 11.3 Å². The summed E-state index contributed by atoms with van der Waals surface area (Å²) in [7, 11) is 0. The molecule has 0 radical (unpaired) electrons. The number of aromatic nitrogens is 1. The van der Waals surface area contributed by atoms with Gasteiger partial charge in [-0.05, 0) is 36.8 Å². The van der Waals surface area contributed by atoms with E-state index in [0.717, 1.165) is 11.6 Å². The largest absolute Gasteiger partial charge is 0.320 e. The van der Waals surface area contributed by atoms with Crippen LogP contribution in [-0.2, 0) is 0 Å². The summed E-state index contributed by atoms with van der Waals surface area (Å²) >= 11 is 1.65. The van der Waals surface area contributed by atoms with Gasteiger partial charge in [0.1, 0.15) is 0 Å². The molecule has 1 atom stereocenters. The van der Waals surface area contributed by atoms with Crippen molar-refractivity contribution in [3.05, 3.63) is 51.5 Å². The molecule has 94 valence electrons. The third-order valence-electron chi connectivity index (χ3n) is 3.91. The Morgan fingerprint density at radius 2 is 2.22 bits per heavy atom. The van der Waals surface area contributed by atoms with Crippen molar-refractivity contribution in [1.29, 1.82) is 0 Å². The maximum absolute atomic E-state index is 6.36. The Morgan fingerprint density at radius 1 is 1.39 bits per heavy atom. The SMILES string of the molecule is Cc1ncsc1C(N)c1cccc(C2CCC2)c1. The fraction of sp³-hybridized carbons (Fsp3) is 0.400. The van der Waals surface area contributed by atoms with Crippen LogP contribution in [-0.4, -0.2) is 4.98 Å². The summed E-state index contributed by atoms with van der Waals surface area (Å²) in [6, 6.07) is 8.76.